The topological polar surface area (TPSA) is 46.5 Å². The molecule has 0 saturated carbocycles. The van der Waals surface area contributed by atoms with Gasteiger partial charge in [0, 0.05) is 60.4 Å². The van der Waals surface area contributed by atoms with Gasteiger partial charge in [0.25, 0.3) is 0 Å². The second kappa shape index (κ2) is 11.3. The lowest BCUT2D eigenvalue weighted by molar-refractivity contribution is -0.135. The minimum Gasteiger partial charge on any atom is -0.385 e. The molecule has 1 amide bonds. The number of aryl methyl sites for hydroxylation is 1. The highest BCUT2D eigenvalue weighted by Crippen LogP contribution is 2.35. The van der Waals surface area contributed by atoms with Crippen molar-refractivity contribution in [1.82, 2.24) is 14.8 Å². The van der Waals surface area contributed by atoms with Crippen LogP contribution < -0.4 is 5.32 Å². The van der Waals surface area contributed by atoms with Gasteiger partial charge in [0.05, 0.1) is 6.42 Å². The maximum Gasteiger partial charge on any atom is 0.229 e. The van der Waals surface area contributed by atoms with Crippen LogP contribution in [-0.2, 0) is 22.5 Å². The number of nitrogens with one attached hydrogen (secondary N) is 1. The van der Waals surface area contributed by atoms with E-state index < -0.39 is 0 Å². The average molecular weight is 450 g/mol. The molecule has 172 valence electrons. The molecule has 1 aliphatic heterocycles. The molecule has 2 heterocycles. The van der Waals surface area contributed by atoms with Crippen molar-refractivity contribution in [2.24, 2.45) is 0 Å². The maximum absolute atomic E-state index is 14.1. The first kappa shape index (κ1) is 24.1. The Morgan fingerprint density at radius 1 is 1.39 bits per heavy atom. The number of nitrogens with zero attached hydrogens (tertiary/aromatic N) is 2. The van der Waals surface area contributed by atoms with Crippen molar-refractivity contribution in [3.05, 3.63) is 29.7 Å². The Kier molecular flexibility index (Phi) is 8.81. The van der Waals surface area contributed by atoms with Crippen LogP contribution in [0.15, 0.2) is 23.1 Å². The van der Waals surface area contributed by atoms with Gasteiger partial charge in [-0.15, -0.1) is 11.8 Å². The van der Waals surface area contributed by atoms with Crippen molar-refractivity contribution >= 4 is 28.6 Å². The minimum absolute atomic E-state index is 0.145. The second-order valence-electron chi connectivity index (χ2n) is 8.56. The molecule has 3 rings (SSSR count). The molecular weight excluding hydrogens is 413 g/mol. The fraction of sp³-hybridized carbons (Fsp3) is 0.625. The van der Waals surface area contributed by atoms with E-state index in [1.54, 1.807) is 24.9 Å². The number of ether oxygens (including phenoxy) is 1. The number of rotatable bonds is 10. The molecule has 0 unspecified atom stereocenters. The summed E-state index contributed by atoms with van der Waals surface area (Å²) in [6.07, 6.45) is 6.38. The number of carbonyl (C=O) groups excluding carboxylic acids is 1. The van der Waals surface area contributed by atoms with Crippen molar-refractivity contribution in [3.63, 3.8) is 0 Å². The van der Waals surface area contributed by atoms with Crippen LogP contribution in [0, 0.1) is 5.82 Å². The molecule has 31 heavy (non-hydrogen) atoms. The number of hydrogen-bond acceptors (Lipinski definition) is 4. The molecule has 5 nitrogen and oxygen atoms in total. The summed E-state index contributed by atoms with van der Waals surface area (Å²) >= 11 is 1.60. The van der Waals surface area contributed by atoms with E-state index in [1.807, 2.05) is 12.3 Å². The van der Waals surface area contributed by atoms with Gasteiger partial charge in [-0.05, 0) is 70.5 Å². The molecule has 1 atom stereocenters. The van der Waals surface area contributed by atoms with Gasteiger partial charge in [-0.3, -0.25) is 4.79 Å². The van der Waals surface area contributed by atoms with Gasteiger partial charge in [0.2, 0.25) is 5.91 Å². The molecule has 1 saturated heterocycles. The Morgan fingerprint density at radius 2 is 2.19 bits per heavy atom. The Hall–Kier alpha value is -1.57. The Bertz CT molecular complexity index is 877. The van der Waals surface area contributed by atoms with E-state index in [0.29, 0.717) is 13.0 Å². The number of thioether (sulfide) groups is 1. The van der Waals surface area contributed by atoms with Crippen LogP contribution >= 0.6 is 11.8 Å². The number of methoxy groups -OCH3 is 1. The van der Waals surface area contributed by atoms with Crippen LogP contribution in [0.4, 0.5) is 4.39 Å². The van der Waals surface area contributed by atoms with Crippen molar-refractivity contribution in [2.75, 3.05) is 33.1 Å². The fourth-order valence-electron chi connectivity index (χ4n) is 4.74. The van der Waals surface area contributed by atoms with Gasteiger partial charge in [-0.2, -0.15) is 0 Å². The quantitative estimate of drug-likeness (QED) is 0.430. The molecule has 1 aromatic carbocycles. The van der Waals surface area contributed by atoms with E-state index in [1.165, 1.54) is 6.07 Å². The SMILES string of the molecule is COCCCCn1c(CC(=O)N(C(C)C)[C@@H]2CCCNC2)c(SC)c2cc(F)ccc21. The summed E-state index contributed by atoms with van der Waals surface area (Å²) < 4.78 is 21.5. The third-order valence-electron chi connectivity index (χ3n) is 6.09. The molecule has 1 aliphatic rings. The Balaban J connectivity index is 1.95. The van der Waals surface area contributed by atoms with Crippen molar-refractivity contribution in [1.29, 1.82) is 0 Å². The number of fused-ring (bicyclic) bond motifs is 1. The number of aromatic nitrogens is 1. The van der Waals surface area contributed by atoms with E-state index in [2.05, 4.69) is 28.6 Å². The number of piperidine rings is 1. The minimum atomic E-state index is -0.241. The summed E-state index contributed by atoms with van der Waals surface area (Å²) in [5.41, 5.74) is 2.01. The van der Waals surface area contributed by atoms with Crippen LogP contribution in [0.5, 0.6) is 0 Å². The number of hydrogen-bond donors (Lipinski definition) is 1. The summed E-state index contributed by atoms with van der Waals surface area (Å²) in [5.74, 6) is -0.0882. The van der Waals surface area contributed by atoms with Gasteiger partial charge in [0.15, 0.2) is 0 Å². The number of halogens is 1. The third kappa shape index (κ3) is 5.62. The zero-order valence-electron chi connectivity index (χ0n) is 19.2. The predicted molar refractivity (Wildman–Crippen MR) is 126 cm³/mol. The maximum atomic E-state index is 14.1. The second-order valence-corrected chi connectivity index (χ2v) is 9.38. The van der Waals surface area contributed by atoms with Crippen molar-refractivity contribution in [2.45, 2.75) is 69.5 Å². The molecule has 1 N–H and O–H groups in total. The monoisotopic (exact) mass is 449 g/mol. The molecule has 2 aromatic rings. The summed E-state index contributed by atoms with van der Waals surface area (Å²) in [6.45, 7) is 7.57. The van der Waals surface area contributed by atoms with Gasteiger partial charge in [0.1, 0.15) is 5.82 Å². The zero-order chi connectivity index (χ0) is 22.4. The summed E-state index contributed by atoms with van der Waals surface area (Å²) in [7, 11) is 1.71. The molecule has 7 heteroatoms. The van der Waals surface area contributed by atoms with Crippen LogP contribution in [0.2, 0.25) is 0 Å². The highest BCUT2D eigenvalue weighted by Gasteiger charge is 2.29. The molecule has 0 aliphatic carbocycles. The Morgan fingerprint density at radius 3 is 2.84 bits per heavy atom. The standard InChI is InChI=1S/C24H36FN3O2S/c1-17(2)28(19-8-7-11-26-16-19)23(29)15-22-24(31-4)20-14-18(25)9-10-21(20)27(22)12-5-6-13-30-3/h9-10,14,17,19,26H,5-8,11-13,15-16H2,1-4H3/t19-/m1/s1. The lowest BCUT2D eigenvalue weighted by atomic mass is 10.0. The smallest absolute Gasteiger partial charge is 0.229 e. The van der Waals surface area contributed by atoms with Crippen molar-refractivity contribution < 1.29 is 13.9 Å². The summed E-state index contributed by atoms with van der Waals surface area (Å²) in [4.78, 5) is 16.6. The number of unbranched alkanes of at least 4 members (excludes halogenated alkanes) is 1. The number of carbonyl (C=O) groups is 1. The van der Waals surface area contributed by atoms with Gasteiger partial charge < -0.3 is 19.5 Å². The molecule has 0 spiro atoms. The number of benzene rings is 1. The summed E-state index contributed by atoms with van der Waals surface area (Å²) in [6, 6.07) is 5.34. The molecule has 0 radical (unpaired) electrons. The van der Waals surface area contributed by atoms with Crippen LogP contribution in [0.1, 0.15) is 45.2 Å². The lowest BCUT2D eigenvalue weighted by Gasteiger charge is -2.38. The van der Waals surface area contributed by atoms with Crippen LogP contribution in [0.3, 0.4) is 0 Å². The predicted octanol–water partition coefficient (Wildman–Crippen LogP) is 4.46. The van der Waals surface area contributed by atoms with E-state index >= 15 is 0 Å². The summed E-state index contributed by atoms with van der Waals surface area (Å²) in [5, 5.41) is 4.33. The van der Waals surface area contributed by atoms with Crippen LogP contribution in [0.25, 0.3) is 10.9 Å². The van der Waals surface area contributed by atoms with Gasteiger partial charge in [-0.25, -0.2) is 4.39 Å². The first-order valence-corrected chi connectivity index (χ1v) is 12.6. The number of amides is 1. The highest BCUT2D eigenvalue weighted by molar-refractivity contribution is 7.98. The van der Waals surface area contributed by atoms with E-state index in [0.717, 1.165) is 66.8 Å². The van der Waals surface area contributed by atoms with Crippen molar-refractivity contribution in [3.8, 4) is 0 Å². The normalized spacial score (nSPS) is 16.9. The lowest BCUT2D eigenvalue weighted by Crippen LogP contribution is -2.52. The molecule has 1 aromatic heterocycles. The molecule has 0 bridgehead atoms. The Labute approximate surface area is 189 Å². The molecule has 1 fully saturated rings. The van der Waals surface area contributed by atoms with Crippen LogP contribution in [-0.4, -0.2) is 60.5 Å². The first-order chi connectivity index (χ1) is 15.0. The van der Waals surface area contributed by atoms with E-state index in [9.17, 15) is 9.18 Å². The average Bonchev–Trinajstić information content (AvgIpc) is 3.03. The highest BCUT2D eigenvalue weighted by atomic mass is 32.2. The largest absolute Gasteiger partial charge is 0.385 e. The molecular formula is C24H36FN3O2S. The van der Waals surface area contributed by atoms with Gasteiger partial charge >= 0.3 is 0 Å². The van der Waals surface area contributed by atoms with Gasteiger partial charge in [-0.1, -0.05) is 0 Å². The first-order valence-electron chi connectivity index (χ1n) is 11.3. The zero-order valence-corrected chi connectivity index (χ0v) is 20.1. The van der Waals surface area contributed by atoms with E-state index in [4.69, 9.17) is 4.74 Å². The third-order valence-corrected chi connectivity index (χ3v) is 6.96. The van der Waals surface area contributed by atoms with E-state index in [-0.39, 0.29) is 23.8 Å². The fourth-order valence-corrected chi connectivity index (χ4v) is 5.54.